The first-order chi connectivity index (χ1) is 31.2. The number of benzene rings is 5. The fourth-order valence-electron chi connectivity index (χ4n) is 6.41. The molecule has 0 fully saturated rings. The van der Waals surface area contributed by atoms with Crippen LogP contribution in [0.1, 0.15) is 117 Å². The number of imide groups is 2. The first kappa shape index (κ1) is 45.7. The van der Waals surface area contributed by atoms with Crippen LogP contribution in [0.3, 0.4) is 0 Å². The lowest BCUT2D eigenvalue weighted by atomic mass is 10.1. The van der Waals surface area contributed by atoms with Gasteiger partial charge in [0.1, 0.15) is 0 Å². The molecule has 5 aromatic carbocycles. The van der Waals surface area contributed by atoms with Gasteiger partial charge < -0.3 is 28.4 Å². The maximum atomic E-state index is 13.4. The van der Waals surface area contributed by atoms with Crippen molar-refractivity contribution in [2.24, 2.45) is 0 Å². The number of methoxy groups -OCH3 is 2. The maximum Gasteiger partial charge on any atom is 0.341 e. The van der Waals surface area contributed by atoms with Gasteiger partial charge in [0.25, 0.3) is 23.6 Å². The molecule has 2 aliphatic rings. The van der Waals surface area contributed by atoms with Crippen LogP contribution in [-0.2, 0) is 28.4 Å². The highest BCUT2D eigenvalue weighted by Gasteiger charge is 2.39. The van der Waals surface area contributed by atoms with Crippen molar-refractivity contribution in [2.45, 2.75) is 13.8 Å². The molecule has 0 aromatic heterocycles. The number of esters is 6. The van der Waals surface area contributed by atoms with Gasteiger partial charge in [0.05, 0.1) is 94.4 Å². The van der Waals surface area contributed by atoms with Crippen LogP contribution in [-0.4, -0.2) is 93.7 Å². The average molecular weight is 885 g/mol. The Morgan fingerprint density at radius 1 is 0.369 bits per heavy atom. The van der Waals surface area contributed by atoms with Crippen molar-refractivity contribution in [3.8, 4) is 0 Å². The first-order valence-electron chi connectivity index (χ1n) is 19.4. The number of nitrogens with zero attached hydrogens (tertiary/aromatic N) is 2. The third kappa shape index (κ3) is 9.66. The summed E-state index contributed by atoms with van der Waals surface area (Å²) in [6.45, 7) is 3.10. The Hall–Kier alpha value is -8.80. The first-order valence-corrected chi connectivity index (χ1v) is 19.4. The topological polar surface area (TPSA) is 233 Å². The highest BCUT2D eigenvalue weighted by atomic mass is 16.7. The molecule has 18 heteroatoms. The molecule has 0 unspecified atom stereocenters. The summed E-state index contributed by atoms with van der Waals surface area (Å²) in [5.41, 5.74) is 1.57. The highest BCUT2D eigenvalue weighted by Crippen LogP contribution is 2.34. The molecular weight excluding hydrogens is 849 g/mol. The molecule has 65 heavy (non-hydrogen) atoms. The van der Waals surface area contributed by atoms with Gasteiger partial charge in [0.15, 0.2) is 0 Å². The van der Waals surface area contributed by atoms with Crippen LogP contribution in [0.15, 0.2) is 109 Å². The van der Waals surface area contributed by atoms with Crippen molar-refractivity contribution in [1.82, 2.24) is 0 Å². The van der Waals surface area contributed by atoms with Crippen LogP contribution in [0.25, 0.3) is 0 Å². The number of carbonyl (C=O) groups is 10. The number of fused-ring (bicyclic) bond motifs is 2. The van der Waals surface area contributed by atoms with E-state index in [1.165, 1.54) is 123 Å². The van der Waals surface area contributed by atoms with Crippen LogP contribution in [0, 0.1) is 0 Å². The lowest BCUT2D eigenvalue weighted by Crippen LogP contribution is -2.30. The van der Waals surface area contributed by atoms with E-state index in [1.807, 2.05) is 0 Å². The Balaban J connectivity index is 0.000000397. The Morgan fingerprint density at radius 2 is 0.646 bits per heavy atom. The predicted octanol–water partition coefficient (Wildman–Crippen LogP) is 5.87. The fraction of sp³-hybridized carbons (Fsp3) is 0.149. The summed E-state index contributed by atoms with van der Waals surface area (Å²) >= 11 is 0. The zero-order valence-electron chi connectivity index (χ0n) is 34.9. The second-order valence-electron chi connectivity index (χ2n) is 13.5. The van der Waals surface area contributed by atoms with Crippen molar-refractivity contribution in [2.75, 3.05) is 44.0 Å². The Kier molecular flexibility index (Phi) is 14.0. The fourth-order valence-corrected chi connectivity index (χ4v) is 6.41. The quantitative estimate of drug-likeness (QED) is 0.0617. The number of hydrogen-bond acceptors (Lipinski definition) is 16. The zero-order valence-corrected chi connectivity index (χ0v) is 34.9. The smallest absolute Gasteiger partial charge is 0.341 e. The maximum absolute atomic E-state index is 13.4. The van der Waals surface area contributed by atoms with Gasteiger partial charge >= 0.3 is 35.8 Å². The molecule has 4 amide bonds. The van der Waals surface area contributed by atoms with E-state index in [2.05, 4.69) is 9.47 Å². The Morgan fingerprint density at radius 3 is 0.985 bits per heavy atom. The molecule has 2 aliphatic heterocycles. The lowest BCUT2D eigenvalue weighted by molar-refractivity contribution is -0.0168. The number of hydrogen-bond donors (Lipinski definition) is 0. The second kappa shape index (κ2) is 19.9. The normalized spacial score (nSPS) is 12.3. The SMILES string of the molecule is CCOC(=O)c1ccc(C(=O)OC)cc1.CCOC(=O)c1ccc2c(c1)C(=O)N(c1ccc(N3C(=O)c4ccc(C(=O)OCOC(=O)c5ccc(C(=O)OC)cc5)cc4C3=O)cc1)C2=O. The molecule has 18 nitrogen and oxygen atoms in total. The standard InChI is InChI=1S/C36H24N2O12.C11H12O4/c1-3-48-35(45)21-8-14-25-27(16-21)31(41)37(29(25)39)23-10-12-24(13-11-23)38-30(40)26-15-9-22(17-28(26)32(38)42)36(46)50-18-49-34(44)20-6-4-19(5-7-20)33(43)47-2;1-3-15-11(13)9-6-4-8(5-7-9)10(12)14-2/h4-17H,3,18H2,1-2H3;4-7H,3H2,1-2H3. The van der Waals surface area contributed by atoms with E-state index in [0.29, 0.717) is 17.7 Å². The predicted molar refractivity (Wildman–Crippen MR) is 225 cm³/mol. The van der Waals surface area contributed by atoms with E-state index in [-0.39, 0.29) is 62.5 Å². The van der Waals surface area contributed by atoms with Crippen molar-refractivity contribution in [1.29, 1.82) is 0 Å². The third-order valence-electron chi connectivity index (χ3n) is 9.62. The minimum atomic E-state index is -0.931. The summed E-state index contributed by atoms with van der Waals surface area (Å²) in [6.07, 6.45) is 0. The molecule has 0 atom stereocenters. The van der Waals surface area contributed by atoms with Gasteiger partial charge in [-0.1, -0.05) is 0 Å². The van der Waals surface area contributed by atoms with Gasteiger partial charge in [0, 0.05) is 0 Å². The van der Waals surface area contributed by atoms with Crippen molar-refractivity contribution >= 4 is 70.8 Å². The van der Waals surface area contributed by atoms with Gasteiger partial charge in [-0.05, 0) is 123 Å². The van der Waals surface area contributed by atoms with Crippen LogP contribution in [0.2, 0.25) is 0 Å². The molecule has 5 aromatic rings. The van der Waals surface area contributed by atoms with Crippen molar-refractivity contribution < 1.29 is 76.4 Å². The molecular formula is C47H36N2O16. The van der Waals surface area contributed by atoms with E-state index in [0.717, 1.165) is 9.80 Å². The van der Waals surface area contributed by atoms with E-state index in [9.17, 15) is 47.9 Å². The molecule has 0 radical (unpaired) electrons. The summed E-state index contributed by atoms with van der Waals surface area (Å²) < 4.78 is 28.9. The van der Waals surface area contributed by atoms with E-state index in [4.69, 9.17) is 18.9 Å². The van der Waals surface area contributed by atoms with Crippen molar-refractivity contribution in [3.63, 3.8) is 0 Å². The lowest BCUT2D eigenvalue weighted by Gasteiger charge is -2.17. The molecule has 0 saturated carbocycles. The summed E-state index contributed by atoms with van der Waals surface area (Å²) in [5.74, 6) is -6.46. The van der Waals surface area contributed by atoms with Gasteiger partial charge in [0.2, 0.25) is 6.79 Å². The number of carbonyl (C=O) groups excluding carboxylic acids is 10. The minimum absolute atomic E-state index is 0.0233. The van der Waals surface area contributed by atoms with Gasteiger partial charge in [-0.3, -0.25) is 19.2 Å². The zero-order chi connectivity index (χ0) is 46.9. The number of rotatable bonds is 12. The summed E-state index contributed by atoms with van der Waals surface area (Å²) in [5, 5.41) is 0. The largest absolute Gasteiger partial charge is 0.465 e. The summed E-state index contributed by atoms with van der Waals surface area (Å²) in [4.78, 5) is 126. The molecule has 0 spiro atoms. The molecule has 7 rings (SSSR count). The average Bonchev–Trinajstić information content (AvgIpc) is 3.73. The molecule has 0 aliphatic carbocycles. The van der Waals surface area contributed by atoms with Crippen LogP contribution in [0.5, 0.6) is 0 Å². The van der Waals surface area contributed by atoms with Crippen LogP contribution in [0.4, 0.5) is 11.4 Å². The highest BCUT2D eigenvalue weighted by molar-refractivity contribution is 6.36. The number of ether oxygens (including phenoxy) is 6. The molecule has 0 N–H and O–H groups in total. The van der Waals surface area contributed by atoms with E-state index < -0.39 is 66.2 Å². The second-order valence-corrected chi connectivity index (χ2v) is 13.5. The Labute approximate surface area is 369 Å². The summed E-state index contributed by atoms with van der Waals surface area (Å²) in [6, 6.07) is 24.9. The molecule has 0 saturated heterocycles. The van der Waals surface area contributed by atoms with Crippen LogP contribution < -0.4 is 9.80 Å². The van der Waals surface area contributed by atoms with Gasteiger partial charge in [-0.15, -0.1) is 0 Å². The third-order valence-corrected chi connectivity index (χ3v) is 9.62. The molecule has 0 bridgehead atoms. The van der Waals surface area contributed by atoms with Gasteiger partial charge in [-0.25, -0.2) is 38.6 Å². The monoisotopic (exact) mass is 884 g/mol. The molecule has 330 valence electrons. The number of amides is 4. The van der Waals surface area contributed by atoms with E-state index in [1.54, 1.807) is 13.8 Å². The number of anilines is 2. The van der Waals surface area contributed by atoms with Gasteiger partial charge in [-0.2, -0.15) is 0 Å². The van der Waals surface area contributed by atoms with Crippen molar-refractivity contribution in [3.05, 3.63) is 165 Å². The van der Waals surface area contributed by atoms with E-state index >= 15 is 0 Å². The molecule has 2 heterocycles. The minimum Gasteiger partial charge on any atom is -0.465 e. The van der Waals surface area contributed by atoms with Crippen LogP contribution >= 0.6 is 0 Å². The Bertz CT molecular complexity index is 2760. The summed E-state index contributed by atoms with van der Waals surface area (Å²) in [7, 11) is 2.53.